The third-order valence-corrected chi connectivity index (χ3v) is 3.69. The van der Waals surface area contributed by atoms with Gasteiger partial charge in [-0.1, -0.05) is 11.6 Å². The largest absolute Gasteiger partial charge is 0.417 e. The second-order valence-electron chi connectivity index (χ2n) is 5.12. The monoisotopic (exact) mass is 335 g/mol. The molecule has 0 saturated carbocycles. The molecule has 0 spiro atoms. The summed E-state index contributed by atoms with van der Waals surface area (Å²) in [7, 11) is 0. The molecule has 1 fully saturated rings. The van der Waals surface area contributed by atoms with Crippen LogP contribution in [0.25, 0.3) is 0 Å². The van der Waals surface area contributed by atoms with Gasteiger partial charge in [0.2, 0.25) is 5.91 Å². The Morgan fingerprint density at radius 3 is 2.82 bits per heavy atom. The molecule has 1 aliphatic rings. The van der Waals surface area contributed by atoms with E-state index in [0.717, 1.165) is 44.7 Å². The predicted molar refractivity (Wildman–Crippen MR) is 79.0 cm³/mol. The van der Waals surface area contributed by atoms with Gasteiger partial charge in [-0.15, -0.1) is 0 Å². The van der Waals surface area contributed by atoms with E-state index in [4.69, 9.17) is 11.6 Å². The van der Waals surface area contributed by atoms with Crippen LogP contribution in [0.4, 0.5) is 18.9 Å². The molecule has 0 bridgehead atoms. The molecule has 0 aromatic heterocycles. The lowest BCUT2D eigenvalue weighted by Gasteiger charge is -2.19. The van der Waals surface area contributed by atoms with E-state index >= 15 is 0 Å². The molecule has 8 heteroatoms. The first kappa shape index (κ1) is 17.1. The van der Waals surface area contributed by atoms with Crippen LogP contribution in [0.3, 0.4) is 0 Å². The van der Waals surface area contributed by atoms with E-state index in [-0.39, 0.29) is 23.2 Å². The minimum atomic E-state index is -4.55. The normalized spacial score (nSPS) is 17.1. The van der Waals surface area contributed by atoms with Crippen LogP contribution in [0.2, 0.25) is 5.02 Å². The number of hydrogen-bond donors (Lipinski definition) is 2. The smallest absolute Gasteiger partial charge is 0.325 e. The molecule has 1 amide bonds. The van der Waals surface area contributed by atoms with Crippen molar-refractivity contribution in [2.24, 2.45) is 0 Å². The summed E-state index contributed by atoms with van der Waals surface area (Å²) >= 11 is 5.54. The molecule has 1 aromatic carbocycles. The zero-order chi connectivity index (χ0) is 16.2. The highest BCUT2D eigenvalue weighted by Crippen LogP contribution is 2.36. The number of rotatable bonds is 3. The molecule has 2 N–H and O–H groups in total. The number of halogens is 4. The van der Waals surface area contributed by atoms with E-state index in [1.165, 1.54) is 6.07 Å². The number of nitrogens with zero attached hydrogens (tertiary/aromatic N) is 1. The van der Waals surface area contributed by atoms with Crippen molar-refractivity contribution in [1.29, 1.82) is 0 Å². The summed E-state index contributed by atoms with van der Waals surface area (Å²) < 4.78 is 38.3. The summed E-state index contributed by atoms with van der Waals surface area (Å²) in [4.78, 5) is 13.9. The van der Waals surface area contributed by atoms with E-state index in [1.54, 1.807) is 0 Å². The van der Waals surface area contributed by atoms with Gasteiger partial charge < -0.3 is 10.6 Å². The fraction of sp³-hybridized carbons (Fsp3) is 0.500. The minimum Gasteiger partial charge on any atom is -0.325 e. The van der Waals surface area contributed by atoms with Gasteiger partial charge in [-0.2, -0.15) is 13.2 Å². The van der Waals surface area contributed by atoms with Crippen molar-refractivity contribution >= 4 is 23.2 Å². The topological polar surface area (TPSA) is 44.4 Å². The molecule has 1 aromatic rings. The van der Waals surface area contributed by atoms with E-state index < -0.39 is 11.7 Å². The van der Waals surface area contributed by atoms with Gasteiger partial charge in [-0.05, 0) is 37.7 Å². The van der Waals surface area contributed by atoms with E-state index in [9.17, 15) is 18.0 Å². The van der Waals surface area contributed by atoms with Gasteiger partial charge in [0.15, 0.2) is 0 Å². The van der Waals surface area contributed by atoms with Crippen LogP contribution < -0.4 is 10.6 Å². The first-order chi connectivity index (χ1) is 10.4. The lowest BCUT2D eigenvalue weighted by molar-refractivity contribution is -0.137. The first-order valence-electron chi connectivity index (χ1n) is 6.96. The number of carbonyl (C=O) groups is 1. The van der Waals surface area contributed by atoms with Gasteiger partial charge in [0.05, 0.1) is 17.1 Å². The van der Waals surface area contributed by atoms with Gasteiger partial charge in [0.1, 0.15) is 0 Å². The molecular formula is C14H17ClF3N3O. The Morgan fingerprint density at radius 1 is 1.32 bits per heavy atom. The standard InChI is InChI=1S/C14H17ClF3N3O/c15-12-3-2-10(8-11(12)14(16,17)18)20-13(22)9-21-6-1-4-19-5-7-21/h2-3,8,19H,1,4-7,9H2,(H,20,22). The fourth-order valence-corrected chi connectivity index (χ4v) is 2.51. The Balaban J connectivity index is 1.99. The summed E-state index contributed by atoms with van der Waals surface area (Å²) in [5.41, 5.74) is -0.861. The summed E-state index contributed by atoms with van der Waals surface area (Å²) in [6.45, 7) is 3.39. The Hall–Kier alpha value is -1.31. The molecule has 1 aliphatic heterocycles. The zero-order valence-electron chi connectivity index (χ0n) is 11.8. The fourth-order valence-electron chi connectivity index (χ4n) is 2.28. The summed E-state index contributed by atoms with van der Waals surface area (Å²) in [5, 5.41) is 5.32. The summed E-state index contributed by atoms with van der Waals surface area (Å²) in [6.07, 6.45) is -3.61. The molecule has 22 heavy (non-hydrogen) atoms. The highest BCUT2D eigenvalue weighted by atomic mass is 35.5. The van der Waals surface area contributed by atoms with Crippen LogP contribution in [0.5, 0.6) is 0 Å². The average Bonchev–Trinajstić information content (AvgIpc) is 2.68. The first-order valence-corrected chi connectivity index (χ1v) is 7.34. The number of carbonyl (C=O) groups excluding carboxylic acids is 1. The van der Waals surface area contributed by atoms with Gasteiger partial charge in [-0.25, -0.2) is 0 Å². The highest BCUT2D eigenvalue weighted by molar-refractivity contribution is 6.31. The molecule has 1 saturated heterocycles. The third-order valence-electron chi connectivity index (χ3n) is 3.36. The van der Waals surface area contributed by atoms with Gasteiger partial charge in [-0.3, -0.25) is 9.69 Å². The average molecular weight is 336 g/mol. The van der Waals surface area contributed by atoms with E-state index in [2.05, 4.69) is 10.6 Å². The summed E-state index contributed by atoms with van der Waals surface area (Å²) in [6, 6.07) is 3.35. The van der Waals surface area contributed by atoms with Crippen LogP contribution in [0, 0.1) is 0 Å². The van der Waals surface area contributed by atoms with Crippen molar-refractivity contribution in [3.63, 3.8) is 0 Å². The Morgan fingerprint density at radius 2 is 2.09 bits per heavy atom. The Kier molecular flexibility index (Phi) is 5.66. The molecule has 4 nitrogen and oxygen atoms in total. The number of alkyl halides is 3. The van der Waals surface area contributed by atoms with Crippen molar-refractivity contribution in [2.75, 3.05) is 38.0 Å². The quantitative estimate of drug-likeness (QED) is 0.892. The molecular weight excluding hydrogens is 319 g/mol. The molecule has 2 rings (SSSR count). The van der Waals surface area contributed by atoms with Crippen LogP contribution in [0.15, 0.2) is 18.2 Å². The molecule has 0 radical (unpaired) electrons. The molecule has 0 atom stereocenters. The maximum Gasteiger partial charge on any atom is 0.417 e. The van der Waals surface area contributed by atoms with Crippen LogP contribution in [-0.2, 0) is 11.0 Å². The molecule has 0 unspecified atom stereocenters. The SMILES string of the molecule is O=C(CN1CCCNCC1)Nc1ccc(Cl)c(C(F)(F)F)c1. The zero-order valence-corrected chi connectivity index (χ0v) is 12.6. The maximum atomic E-state index is 12.8. The lowest BCUT2D eigenvalue weighted by Crippen LogP contribution is -2.35. The highest BCUT2D eigenvalue weighted by Gasteiger charge is 2.33. The van der Waals surface area contributed by atoms with Crippen molar-refractivity contribution < 1.29 is 18.0 Å². The van der Waals surface area contributed by atoms with Crippen molar-refractivity contribution in [1.82, 2.24) is 10.2 Å². The molecule has 1 heterocycles. The van der Waals surface area contributed by atoms with Gasteiger partial charge in [0, 0.05) is 18.8 Å². The second-order valence-corrected chi connectivity index (χ2v) is 5.53. The number of nitrogens with one attached hydrogen (secondary N) is 2. The van der Waals surface area contributed by atoms with E-state index in [0.29, 0.717) is 0 Å². The Labute approximate surface area is 131 Å². The molecule has 122 valence electrons. The predicted octanol–water partition coefficient (Wildman–Crippen LogP) is 2.59. The Bertz CT molecular complexity index is 529. The molecule has 0 aliphatic carbocycles. The van der Waals surface area contributed by atoms with Crippen molar-refractivity contribution in [3.8, 4) is 0 Å². The van der Waals surface area contributed by atoms with Crippen molar-refractivity contribution in [2.45, 2.75) is 12.6 Å². The lowest BCUT2D eigenvalue weighted by atomic mass is 10.2. The van der Waals surface area contributed by atoms with Gasteiger partial charge >= 0.3 is 6.18 Å². The van der Waals surface area contributed by atoms with Crippen molar-refractivity contribution in [3.05, 3.63) is 28.8 Å². The minimum absolute atomic E-state index is 0.0923. The summed E-state index contributed by atoms with van der Waals surface area (Å²) in [5.74, 6) is -0.336. The van der Waals surface area contributed by atoms with E-state index in [1.807, 2.05) is 4.90 Å². The number of amides is 1. The second kappa shape index (κ2) is 7.30. The number of benzene rings is 1. The number of hydrogen-bond acceptors (Lipinski definition) is 3. The van der Waals surface area contributed by atoms with Gasteiger partial charge in [0.25, 0.3) is 0 Å². The third kappa shape index (κ3) is 4.86. The maximum absolute atomic E-state index is 12.8. The van der Waals surface area contributed by atoms with Crippen LogP contribution in [0.1, 0.15) is 12.0 Å². The van der Waals surface area contributed by atoms with Crippen LogP contribution in [-0.4, -0.2) is 43.5 Å². The number of anilines is 1. The van der Waals surface area contributed by atoms with Crippen LogP contribution >= 0.6 is 11.6 Å².